The summed E-state index contributed by atoms with van der Waals surface area (Å²) in [5.41, 5.74) is 3.40. The fourth-order valence-corrected chi connectivity index (χ4v) is 6.72. The maximum atomic E-state index is 13.4. The standard InChI is InChI=1S/C28H39FN4O4S/c1-2-23-18-38-28(33(23)17-19-9-11-22(29)12-10-19)32-31-27(36)25(34)24(20-13-15-37-16-14-20)30-26(35)21-7-5-3-4-6-8-21/h9-12,20-21,23-24H,2-8,13-18H2,1H3,(H,30,35)(H,31,36)/b32-28-/t23-,24-/m1/s1. The van der Waals surface area contributed by atoms with Crippen LogP contribution < -0.4 is 10.7 Å². The number of hydrogen-bond donors (Lipinski definition) is 2. The summed E-state index contributed by atoms with van der Waals surface area (Å²) in [5.74, 6) is -1.36. The third kappa shape index (κ3) is 7.56. The number of halogens is 1. The number of rotatable bonds is 9. The molecule has 0 radical (unpaired) electrons. The van der Waals surface area contributed by atoms with E-state index in [0.29, 0.717) is 37.8 Å². The molecule has 2 heterocycles. The van der Waals surface area contributed by atoms with Crippen molar-refractivity contribution in [3.05, 3.63) is 35.6 Å². The highest BCUT2D eigenvalue weighted by Gasteiger charge is 2.37. The van der Waals surface area contributed by atoms with E-state index in [9.17, 15) is 18.8 Å². The molecule has 0 aromatic heterocycles. The highest BCUT2D eigenvalue weighted by atomic mass is 32.2. The van der Waals surface area contributed by atoms with Gasteiger partial charge in [0, 0.05) is 37.5 Å². The Bertz CT molecular complexity index is 991. The maximum Gasteiger partial charge on any atom is 0.309 e. The topological polar surface area (TPSA) is 100 Å². The van der Waals surface area contributed by atoms with Crippen molar-refractivity contribution in [1.29, 1.82) is 0 Å². The molecule has 1 aliphatic carbocycles. The van der Waals surface area contributed by atoms with Crippen LogP contribution in [-0.2, 0) is 25.7 Å². The summed E-state index contributed by atoms with van der Waals surface area (Å²) >= 11 is 1.52. The number of ketones is 1. The summed E-state index contributed by atoms with van der Waals surface area (Å²) in [5, 5.41) is 7.89. The lowest BCUT2D eigenvalue weighted by atomic mass is 9.87. The number of benzene rings is 1. The third-order valence-electron chi connectivity index (χ3n) is 7.85. The number of carbonyl (C=O) groups is 3. The quantitative estimate of drug-likeness (QED) is 0.276. The smallest absolute Gasteiger partial charge is 0.309 e. The number of Topliss-reactive ketones (excluding diaryl/α,β-unsaturated/α-hetero) is 1. The fraction of sp³-hybridized carbons (Fsp3) is 0.643. The Hall–Kier alpha value is -2.46. The van der Waals surface area contributed by atoms with Gasteiger partial charge in [0.2, 0.25) is 11.7 Å². The molecule has 0 unspecified atom stereocenters. The number of thioether (sulfide) groups is 1. The lowest BCUT2D eigenvalue weighted by Gasteiger charge is -2.30. The largest absolute Gasteiger partial charge is 0.381 e. The van der Waals surface area contributed by atoms with Crippen LogP contribution in [0.15, 0.2) is 29.4 Å². The minimum atomic E-state index is -0.884. The highest BCUT2D eigenvalue weighted by molar-refractivity contribution is 8.14. The van der Waals surface area contributed by atoms with Crippen molar-refractivity contribution in [2.24, 2.45) is 16.9 Å². The van der Waals surface area contributed by atoms with Crippen LogP contribution in [0.25, 0.3) is 0 Å². The number of nitrogens with one attached hydrogen (secondary N) is 2. The number of amidine groups is 1. The van der Waals surface area contributed by atoms with Crippen molar-refractivity contribution in [3.63, 3.8) is 0 Å². The summed E-state index contributed by atoms with van der Waals surface area (Å²) in [6, 6.07) is 5.66. The molecule has 4 rings (SSSR count). The first-order valence-corrected chi connectivity index (χ1v) is 14.9. The van der Waals surface area contributed by atoms with Crippen molar-refractivity contribution in [2.45, 2.75) is 83.3 Å². The zero-order valence-electron chi connectivity index (χ0n) is 22.1. The minimum Gasteiger partial charge on any atom is -0.381 e. The summed E-state index contributed by atoms with van der Waals surface area (Å²) in [7, 11) is 0. The molecule has 3 fully saturated rings. The zero-order valence-corrected chi connectivity index (χ0v) is 22.9. The number of carbonyl (C=O) groups excluding carboxylic acids is 3. The Morgan fingerprint density at radius 1 is 1.08 bits per heavy atom. The maximum absolute atomic E-state index is 13.4. The molecule has 2 aliphatic heterocycles. The van der Waals surface area contributed by atoms with E-state index in [1.54, 1.807) is 12.1 Å². The van der Waals surface area contributed by atoms with E-state index in [1.807, 2.05) is 0 Å². The average molecular weight is 547 g/mol. The molecule has 2 N–H and O–H groups in total. The Morgan fingerprint density at radius 3 is 2.42 bits per heavy atom. The van der Waals surface area contributed by atoms with Crippen molar-refractivity contribution < 1.29 is 23.5 Å². The zero-order chi connectivity index (χ0) is 26.9. The molecule has 2 saturated heterocycles. The van der Waals surface area contributed by atoms with E-state index in [-0.39, 0.29) is 29.6 Å². The Morgan fingerprint density at radius 2 is 1.76 bits per heavy atom. The summed E-state index contributed by atoms with van der Waals surface area (Å²) in [6.07, 6.45) is 8.03. The van der Waals surface area contributed by atoms with Gasteiger partial charge in [-0.3, -0.25) is 14.4 Å². The van der Waals surface area contributed by atoms with E-state index in [0.717, 1.165) is 56.3 Å². The van der Waals surface area contributed by atoms with Gasteiger partial charge in [-0.15, -0.1) is 5.10 Å². The van der Waals surface area contributed by atoms with Crippen LogP contribution in [0.3, 0.4) is 0 Å². The first-order valence-electron chi connectivity index (χ1n) is 13.9. The molecule has 10 heteroatoms. The minimum absolute atomic E-state index is 0.114. The molecular formula is C28H39FN4O4S. The fourth-order valence-electron chi connectivity index (χ4n) is 5.47. The van der Waals surface area contributed by atoms with Crippen LogP contribution in [0.4, 0.5) is 4.39 Å². The average Bonchev–Trinajstić information content (AvgIpc) is 3.12. The molecule has 3 aliphatic rings. The van der Waals surface area contributed by atoms with Gasteiger partial charge in [0.1, 0.15) is 11.9 Å². The second-order valence-electron chi connectivity index (χ2n) is 10.5. The number of amides is 2. The second kappa shape index (κ2) is 14.1. The van der Waals surface area contributed by atoms with Gasteiger partial charge in [-0.2, -0.15) is 0 Å². The van der Waals surface area contributed by atoms with Crippen molar-refractivity contribution in [1.82, 2.24) is 15.6 Å². The van der Waals surface area contributed by atoms with Gasteiger partial charge < -0.3 is 15.0 Å². The van der Waals surface area contributed by atoms with Crippen LogP contribution in [0, 0.1) is 17.7 Å². The molecule has 8 nitrogen and oxygen atoms in total. The molecule has 0 bridgehead atoms. The van der Waals surface area contributed by atoms with E-state index >= 15 is 0 Å². The molecule has 2 amide bonds. The van der Waals surface area contributed by atoms with Gasteiger partial charge in [-0.1, -0.05) is 56.5 Å². The SMILES string of the molecule is CC[C@@H]1CS/C(=N\NC(=O)C(=O)[C@H](NC(=O)C2CCCCCC2)C2CCOCC2)N1Cc1ccc(F)cc1. The van der Waals surface area contributed by atoms with Crippen LogP contribution >= 0.6 is 11.8 Å². The Kier molecular flexibility index (Phi) is 10.6. The van der Waals surface area contributed by atoms with Gasteiger partial charge in [-0.25, -0.2) is 9.82 Å². The molecule has 1 aromatic rings. The number of nitrogens with zero attached hydrogens (tertiary/aromatic N) is 2. The van der Waals surface area contributed by atoms with Crippen LogP contribution in [0.2, 0.25) is 0 Å². The first kappa shape index (κ1) is 28.5. The van der Waals surface area contributed by atoms with Crippen LogP contribution in [0.1, 0.15) is 70.3 Å². The molecule has 208 valence electrons. The van der Waals surface area contributed by atoms with Crippen LogP contribution in [-0.4, -0.2) is 58.7 Å². The van der Waals surface area contributed by atoms with Gasteiger partial charge in [-0.05, 0) is 55.7 Å². The number of hydrazone groups is 1. The van der Waals surface area contributed by atoms with Crippen LogP contribution in [0.5, 0.6) is 0 Å². The normalized spacial score (nSPS) is 23.2. The van der Waals surface area contributed by atoms with Crippen molar-refractivity contribution in [2.75, 3.05) is 19.0 Å². The Balaban J connectivity index is 1.43. The molecule has 1 aromatic carbocycles. The summed E-state index contributed by atoms with van der Waals surface area (Å²) in [6.45, 7) is 3.62. The first-order chi connectivity index (χ1) is 18.5. The summed E-state index contributed by atoms with van der Waals surface area (Å²) < 4.78 is 18.8. The molecule has 1 saturated carbocycles. The van der Waals surface area contributed by atoms with E-state index in [4.69, 9.17) is 4.74 Å². The van der Waals surface area contributed by atoms with Gasteiger partial charge >= 0.3 is 5.91 Å². The third-order valence-corrected chi connectivity index (χ3v) is 8.98. The highest BCUT2D eigenvalue weighted by Crippen LogP contribution is 2.28. The molecule has 0 spiro atoms. The van der Waals surface area contributed by atoms with E-state index in [1.165, 1.54) is 23.9 Å². The van der Waals surface area contributed by atoms with Gasteiger partial charge in [0.25, 0.3) is 0 Å². The molecule has 2 atom stereocenters. The van der Waals surface area contributed by atoms with E-state index < -0.39 is 17.7 Å². The lowest BCUT2D eigenvalue weighted by Crippen LogP contribution is -2.53. The van der Waals surface area contributed by atoms with Crippen molar-refractivity contribution >= 4 is 34.5 Å². The number of ether oxygens (including phenoxy) is 1. The number of hydrogen-bond acceptors (Lipinski definition) is 6. The second-order valence-corrected chi connectivity index (χ2v) is 11.4. The van der Waals surface area contributed by atoms with Gasteiger partial charge in [0.15, 0.2) is 5.17 Å². The molecule has 38 heavy (non-hydrogen) atoms. The molecular weight excluding hydrogens is 507 g/mol. The predicted octanol–water partition coefficient (Wildman–Crippen LogP) is 3.99. The van der Waals surface area contributed by atoms with E-state index in [2.05, 4.69) is 27.7 Å². The van der Waals surface area contributed by atoms with Gasteiger partial charge in [0.05, 0.1) is 0 Å². The predicted molar refractivity (Wildman–Crippen MR) is 146 cm³/mol. The Labute approximate surface area is 228 Å². The lowest BCUT2D eigenvalue weighted by molar-refractivity contribution is -0.142. The van der Waals surface area contributed by atoms with Crippen molar-refractivity contribution in [3.8, 4) is 0 Å². The summed E-state index contributed by atoms with van der Waals surface area (Å²) in [4.78, 5) is 41.6. The monoisotopic (exact) mass is 546 g/mol.